The highest BCUT2D eigenvalue weighted by molar-refractivity contribution is 7.21. The van der Waals surface area contributed by atoms with E-state index in [9.17, 15) is 20.1 Å². The van der Waals surface area contributed by atoms with Crippen LogP contribution in [0, 0.1) is 5.41 Å². The van der Waals surface area contributed by atoms with Gasteiger partial charge in [0.1, 0.15) is 0 Å². The Morgan fingerprint density at radius 2 is 1.83 bits per heavy atom. The Morgan fingerprint density at radius 1 is 1.04 bits per heavy atom. The van der Waals surface area contributed by atoms with Crippen molar-refractivity contribution in [1.29, 1.82) is 0 Å². The second kappa shape index (κ2) is 17.9. The van der Waals surface area contributed by atoms with E-state index in [0.29, 0.717) is 62.6 Å². The summed E-state index contributed by atoms with van der Waals surface area (Å²) in [5.74, 6) is -0.0746. The molecule has 3 N–H and O–H groups in total. The summed E-state index contributed by atoms with van der Waals surface area (Å²) in [5.41, 5.74) is 3.25. The van der Waals surface area contributed by atoms with Crippen molar-refractivity contribution in [3.63, 3.8) is 0 Å². The second-order valence-electron chi connectivity index (χ2n) is 15.7. The van der Waals surface area contributed by atoms with Crippen LogP contribution in [0.3, 0.4) is 0 Å². The average Bonchev–Trinajstić information content (AvgIpc) is 3.69. The number of nitrogens with zero attached hydrogens (tertiary/aromatic N) is 1. The van der Waals surface area contributed by atoms with Crippen LogP contribution in [-0.2, 0) is 22.5 Å². The van der Waals surface area contributed by atoms with Crippen LogP contribution in [0.2, 0.25) is 0 Å². The zero-order valence-corrected chi connectivity index (χ0v) is 32.5. The maximum absolute atomic E-state index is 14.6. The van der Waals surface area contributed by atoms with Crippen molar-refractivity contribution in [2.45, 2.75) is 95.5 Å². The van der Waals surface area contributed by atoms with E-state index in [2.05, 4.69) is 43.0 Å². The molecule has 3 aliphatic rings. The molecule has 3 aromatic carbocycles. The SMILES string of the molecule is COCCCN(CC(O)COCc1ccccc1)CC1(O)CCC2c3ccc(cc3C(=O)c3cc4ccccc4s3)CC(O)CCC(C)=CCCC21C. The predicted octanol–water partition coefficient (Wildman–Crippen LogP) is 8.09. The van der Waals surface area contributed by atoms with Crippen LogP contribution >= 0.6 is 11.3 Å². The molecule has 1 saturated carbocycles. The number of hydrogen-bond donors (Lipinski definition) is 3. The number of ether oxygens (including phenoxy) is 2. The van der Waals surface area contributed by atoms with Gasteiger partial charge in [0, 0.05) is 49.0 Å². The Hall–Kier alpha value is -3.21. The van der Waals surface area contributed by atoms with Crippen LogP contribution in [-0.4, -0.2) is 83.8 Å². The lowest BCUT2D eigenvalue weighted by Crippen LogP contribution is -2.54. The van der Waals surface area contributed by atoms with Crippen LogP contribution in [0.1, 0.15) is 96.6 Å². The van der Waals surface area contributed by atoms with E-state index in [0.717, 1.165) is 58.9 Å². The number of aliphatic hydroxyl groups excluding tert-OH is 2. The number of benzene rings is 3. The van der Waals surface area contributed by atoms with Crippen LogP contribution in [0.4, 0.5) is 0 Å². The van der Waals surface area contributed by atoms with Crippen molar-refractivity contribution in [2.24, 2.45) is 5.41 Å². The van der Waals surface area contributed by atoms with Gasteiger partial charge in [-0.2, -0.15) is 0 Å². The van der Waals surface area contributed by atoms with Crippen molar-refractivity contribution in [3.05, 3.63) is 118 Å². The third-order valence-electron chi connectivity index (χ3n) is 11.8. The predicted molar refractivity (Wildman–Crippen MR) is 214 cm³/mol. The Balaban J connectivity index is 1.32. The fraction of sp³-hybridized carbons (Fsp3) is 0.489. The lowest BCUT2D eigenvalue weighted by molar-refractivity contribution is -0.0913. The highest BCUT2D eigenvalue weighted by Gasteiger charge is 2.57. The zero-order valence-electron chi connectivity index (χ0n) is 31.6. The number of rotatable bonds is 14. The van der Waals surface area contributed by atoms with Crippen LogP contribution in [0.25, 0.3) is 10.1 Å². The fourth-order valence-corrected chi connectivity index (χ4v) is 9.72. The number of ketones is 1. The first-order valence-corrected chi connectivity index (χ1v) is 20.1. The van der Waals surface area contributed by atoms with Crippen LogP contribution in [0.5, 0.6) is 0 Å². The van der Waals surface area contributed by atoms with Crippen molar-refractivity contribution < 1.29 is 29.6 Å². The molecule has 1 aromatic heterocycles. The Kier molecular flexibility index (Phi) is 13.4. The lowest BCUT2D eigenvalue weighted by Gasteiger charge is -2.46. The molecule has 3 aliphatic carbocycles. The molecular weight excluding hydrogens is 683 g/mol. The fourth-order valence-electron chi connectivity index (χ4n) is 8.70. The number of allylic oxidation sites excluding steroid dienone is 2. The number of aliphatic hydroxyl groups is 3. The minimum atomic E-state index is -1.08. The lowest BCUT2D eigenvalue weighted by atomic mass is 9.64. The van der Waals surface area contributed by atoms with E-state index in [-0.39, 0.29) is 18.3 Å². The Labute approximate surface area is 319 Å². The van der Waals surface area contributed by atoms with E-state index >= 15 is 0 Å². The van der Waals surface area contributed by atoms with Crippen molar-refractivity contribution in [1.82, 2.24) is 4.90 Å². The summed E-state index contributed by atoms with van der Waals surface area (Å²) in [6.45, 7) is 6.99. The van der Waals surface area contributed by atoms with Gasteiger partial charge in [0.15, 0.2) is 0 Å². The Morgan fingerprint density at radius 3 is 2.62 bits per heavy atom. The first-order valence-electron chi connectivity index (χ1n) is 19.3. The van der Waals surface area contributed by atoms with Gasteiger partial charge in [-0.05, 0) is 104 Å². The van der Waals surface area contributed by atoms with E-state index < -0.39 is 23.2 Å². The van der Waals surface area contributed by atoms with E-state index in [1.807, 2.05) is 60.7 Å². The molecule has 0 amide bonds. The molecule has 1 fully saturated rings. The van der Waals surface area contributed by atoms with Crippen molar-refractivity contribution in [3.8, 4) is 0 Å². The molecule has 53 heavy (non-hydrogen) atoms. The number of fused-ring (bicyclic) bond motifs is 9. The summed E-state index contributed by atoms with van der Waals surface area (Å²) in [6, 6.07) is 26.2. The number of thiophene rings is 1. The molecule has 7 nitrogen and oxygen atoms in total. The van der Waals surface area contributed by atoms with Gasteiger partial charge in [-0.3, -0.25) is 9.69 Å². The molecule has 0 radical (unpaired) electrons. The van der Waals surface area contributed by atoms with Crippen molar-refractivity contribution in [2.75, 3.05) is 40.0 Å². The van der Waals surface area contributed by atoms with Gasteiger partial charge in [0.05, 0.1) is 35.9 Å². The van der Waals surface area contributed by atoms with Crippen molar-refractivity contribution >= 4 is 27.2 Å². The van der Waals surface area contributed by atoms with Crippen LogP contribution < -0.4 is 0 Å². The standard InChI is InChI=1S/C45H57NO6S/c1-32-11-9-21-44(2)40(20-22-45(44,50)31-46(23-10-24-51-3)28-37(48)30-52-29-33-12-5-4-6-13-33)38-19-17-34(25-36(47)18-16-32)26-39(38)43(49)42-27-35-14-7-8-15-41(35)53-42/h4-8,11-15,17,19,26-27,36-37,40,47-48,50H,9-10,16,18,20-25,28-31H2,1-3H3. The summed E-state index contributed by atoms with van der Waals surface area (Å²) in [5, 5.41) is 36.2. The summed E-state index contributed by atoms with van der Waals surface area (Å²) < 4.78 is 12.4. The summed E-state index contributed by atoms with van der Waals surface area (Å²) in [7, 11) is 1.70. The maximum Gasteiger partial charge on any atom is 0.203 e. The molecule has 284 valence electrons. The quantitative estimate of drug-likeness (QED) is 0.0684. The van der Waals surface area contributed by atoms with Gasteiger partial charge in [0.2, 0.25) is 5.78 Å². The number of hydrogen-bond acceptors (Lipinski definition) is 8. The van der Waals surface area contributed by atoms with Gasteiger partial charge in [-0.1, -0.05) is 79.2 Å². The van der Waals surface area contributed by atoms with E-state index in [1.165, 1.54) is 16.9 Å². The average molecular weight is 740 g/mol. The number of methoxy groups -OCH3 is 1. The molecule has 8 heteroatoms. The summed E-state index contributed by atoms with van der Waals surface area (Å²) >= 11 is 1.52. The van der Waals surface area contributed by atoms with E-state index in [1.54, 1.807) is 7.11 Å². The zero-order chi connectivity index (χ0) is 37.4. The normalized spacial score (nSPS) is 24.2. The highest BCUT2D eigenvalue weighted by Crippen LogP contribution is 2.59. The summed E-state index contributed by atoms with van der Waals surface area (Å²) in [6.07, 6.45) is 6.60. The number of carbonyl (C=O) groups excluding carboxylic acids is 1. The van der Waals surface area contributed by atoms with Gasteiger partial charge >= 0.3 is 0 Å². The molecule has 1 heterocycles. The van der Waals surface area contributed by atoms with E-state index in [4.69, 9.17) is 9.47 Å². The monoisotopic (exact) mass is 739 g/mol. The third-order valence-corrected chi connectivity index (χ3v) is 12.9. The molecule has 5 unspecified atom stereocenters. The van der Waals surface area contributed by atoms with Crippen LogP contribution in [0.15, 0.2) is 90.5 Å². The number of carbonyl (C=O) groups is 1. The molecular formula is C45H57NO6S. The minimum absolute atomic E-state index is 0.00187. The molecule has 5 atom stereocenters. The van der Waals surface area contributed by atoms with Gasteiger partial charge < -0.3 is 24.8 Å². The highest BCUT2D eigenvalue weighted by atomic mass is 32.1. The molecule has 4 aromatic rings. The first-order chi connectivity index (χ1) is 25.6. The second-order valence-corrected chi connectivity index (χ2v) is 16.7. The molecule has 0 saturated heterocycles. The summed E-state index contributed by atoms with van der Waals surface area (Å²) in [4.78, 5) is 17.5. The largest absolute Gasteiger partial charge is 0.393 e. The van der Waals surface area contributed by atoms with Gasteiger partial charge in [-0.25, -0.2) is 0 Å². The molecule has 0 spiro atoms. The van der Waals surface area contributed by atoms with Gasteiger partial charge in [-0.15, -0.1) is 11.3 Å². The Bertz CT molecular complexity index is 1810. The molecule has 7 rings (SSSR count). The minimum Gasteiger partial charge on any atom is -0.393 e. The topological polar surface area (TPSA) is 99.5 Å². The first kappa shape index (κ1) is 39.5. The van der Waals surface area contributed by atoms with Gasteiger partial charge in [0.25, 0.3) is 0 Å². The smallest absolute Gasteiger partial charge is 0.203 e. The molecule has 0 aliphatic heterocycles. The maximum atomic E-state index is 14.6. The third kappa shape index (κ3) is 9.54. The molecule has 2 bridgehead atoms.